The fourth-order valence-corrected chi connectivity index (χ4v) is 2.27. The molecule has 5 heteroatoms. The summed E-state index contributed by atoms with van der Waals surface area (Å²) in [6, 6.07) is 10.1. The Labute approximate surface area is 111 Å². The van der Waals surface area contributed by atoms with Gasteiger partial charge < -0.3 is 0 Å². The van der Waals surface area contributed by atoms with Crippen molar-refractivity contribution in [2.75, 3.05) is 4.90 Å². The molecule has 0 bridgehead atoms. The van der Waals surface area contributed by atoms with Gasteiger partial charge in [0.25, 0.3) is 11.8 Å². The summed E-state index contributed by atoms with van der Waals surface area (Å²) in [7, 11) is 0. The van der Waals surface area contributed by atoms with E-state index in [0.29, 0.717) is 16.9 Å². The van der Waals surface area contributed by atoms with Gasteiger partial charge in [-0.1, -0.05) is 22.0 Å². The quantitative estimate of drug-likeness (QED) is 0.761. The number of aromatic nitrogens is 1. The summed E-state index contributed by atoms with van der Waals surface area (Å²) < 4.78 is 0.769. The Hall–Kier alpha value is -2.01. The molecule has 18 heavy (non-hydrogen) atoms. The second-order valence-corrected chi connectivity index (χ2v) is 4.74. The number of benzene rings is 1. The van der Waals surface area contributed by atoms with E-state index in [-0.39, 0.29) is 11.8 Å². The monoisotopic (exact) mass is 302 g/mol. The van der Waals surface area contributed by atoms with Gasteiger partial charge in [0.05, 0.1) is 11.1 Å². The van der Waals surface area contributed by atoms with E-state index in [1.165, 1.54) is 0 Å². The molecule has 0 spiro atoms. The molecular formula is C13H7BrN2O2. The van der Waals surface area contributed by atoms with Crippen molar-refractivity contribution >= 4 is 33.6 Å². The zero-order chi connectivity index (χ0) is 12.7. The Morgan fingerprint density at radius 2 is 1.78 bits per heavy atom. The lowest BCUT2D eigenvalue weighted by Gasteiger charge is -2.11. The van der Waals surface area contributed by atoms with E-state index < -0.39 is 0 Å². The maximum absolute atomic E-state index is 12.2. The minimum Gasteiger partial charge on any atom is -0.268 e. The number of nitrogens with zero attached hydrogens (tertiary/aromatic N) is 2. The third-order valence-corrected chi connectivity index (χ3v) is 3.22. The molecule has 1 aliphatic heterocycles. The Morgan fingerprint density at radius 3 is 2.50 bits per heavy atom. The molecule has 1 aromatic heterocycles. The lowest BCUT2D eigenvalue weighted by molar-refractivity contribution is 0.0925. The summed E-state index contributed by atoms with van der Waals surface area (Å²) >= 11 is 3.29. The van der Waals surface area contributed by atoms with Gasteiger partial charge in [0.15, 0.2) is 0 Å². The van der Waals surface area contributed by atoms with E-state index in [4.69, 9.17) is 0 Å². The van der Waals surface area contributed by atoms with Crippen LogP contribution in [0, 0.1) is 0 Å². The highest BCUT2D eigenvalue weighted by molar-refractivity contribution is 9.10. The van der Waals surface area contributed by atoms with Crippen LogP contribution in [0.5, 0.6) is 0 Å². The molecule has 0 unspecified atom stereocenters. The zero-order valence-corrected chi connectivity index (χ0v) is 10.7. The maximum Gasteiger partial charge on any atom is 0.267 e. The van der Waals surface area contributed by atoms with E-state index >= 15 is 0 Å². The number of rotatable bonds is 1. The second kappa shape index (κ2) is 4.03. The van der Waals surface area contributed by atoms with Gasteiger partial charge in [0, 0.05) is 10.7 Å². The predicted octanol–water partition coefficient (Wildman–Crippen LogP) is 2.64. The SMILES string of the molecule is O=C1c2ccc(Br)cc2C(=O)N1c1ccccn1. The van der Waals surface area contributed by atoms with Crippen molar-refractivity contribution in [2.45, 2.75) is 0 Å². The molecule has 0 saturated carbocycles. The molecule has 2 amide bonds. The van der Waals surface area contributed by atoms with Gasteiger partial charge in [-0.05, 0) is 30.3 Å². The first kappa shape index (κ1) is 11.1. The van der Waals surface area contributed by atoms with Crippen LogP contribution in [0.2, 0.25) is 0 Å². The van der Waals surface area contributed by atoms with Gasteiger partial charge >= 0.3 is 0 Å². The fraction of sp³-hybridized carbons (Fsp3) is 0. The smallest absolute Gasteiger partial charge is 0.267 e. The fourth-order valence-electron chi connectivity index (χ4n) is 1.91. The van der Waals surface area contributed by atoms with E-state index in [9.17, 15) is 9.59 Å². The number of hydrogen-bond acceptors (Lipinski definition) is 3. The summed E-state index contributed by atoms with van der Waals surface area (Å²) in [5.74, 6) is -0.323. The first-order valence-corrected chi connectivity index (χ1v) is 6.07. The molecule has 0 atom stereocenters. The van der Waals surface area contributed by atoms with Crippen LogP contribution in [-0.4, -0.2) is 16.8 Å². The first-order valence-electron chi connectivity index (χ1n) is 5.28. The van der Waals surface area contributed by atoms with Gasteiger partial charge in [0.2, 0.25) is 0 Å². The molecule has 88 valence electrons. The van der Waals surface area contributed by atoms with Crippen molar-refractivity contribution in [3.8, 4) is 0 Å². The molecule has 0 N–H and O–H groups in total. The standard InChI is InChI=1S/C13H7BrN2O2/c14-8-4-5-9-10(7-8)13(18)16(12(9)17)11-3-1-2-6-15-11/h1-7H. The molecule has 2 heterocycles. The van der Waals surface area contributed by atoms with Crippen LogP contribution in [0.3, 0.4) is 0 Å². The van der Waals surface area contributed by atoms with Crippen molar-refractivity contribution in [1.82, 2.24) is 4.98 Å². The van der Waals surface area contributed by atoms with Crippen LogP contribution in [0.4, 0.5) is 5.82 Å². The van der Waals surface area contributed by atoms with E-state index in [0.717, 1.165) is 9.37 Å². The van der Waals surface area contributed by atoms with Crippen LogP contribution in [0.25, 0.3) is 0 Å². The number of imide groups is 1. The van der Waals surface area contributed by atoms with Crippen molar-refractivity contribution in [2.24, 2.45) is 0 Å². The van der Waals surface area contributed by atoms with E-state index in [1.54, 1.807) is 42.6 Å². The molecule has 0 fully saturated rings. The third-order valence-electron chi connectivity index (χ3n) is 2.73. The highest BCUT2D eigenvalue weighted by atomic mass is 79.9. The number of pyridine rings is 1. The van der Waals surface area contributed by atoms with Gasteiger partial charge in [-0.3, -0.25) is 9.59 Å². The molecule has 4 nitrogen and oxygen atoms in total. The molecule has 1 aromatic carbocycles. The largest absolute Gasteiger partial charge is 0.268 e. The number of halogens is 1. The molecule has 1 aliphatic rings. The summed E-state index contributed by atoms with van der Waals surface area (Å²) in [4.78, 5) is 29.5. The Bertz CT molecular complexity index is 655. The van der Waals surface area contributed by atoms with Gasteiger partial charge in [0.1, 0.15) is 5.82 Å². The summed E-state index contributed by atoms with van der Waals surface area (Å²) in [5, 5.41) is 0. The number of anilines is 1. The number of carbonyl (C=O) groups is 2. The van der Waals surface area contributed by atoms with Gasteiger partial charge in [-0.25, -0.2) is 9.88 Å². The van der Waals surface area contributed by atoms with Crippen LogP contribution in [0.15, 0.2) is 47.1 Å². The highest BCUT2D eigenvalue weighted by Gasteiger charge is 2.37. The molecule has 0 saturated heterocycles. The molecule has 2 aromatic rings. The number of hydrogen-bond donors (Lipinski definition) is 0. The summed E-state index contributed by atoms with van der Waals surface area (Å²) in [5.41, 5.74) is 0.814. The number of carbonyl (C=O) groups excluding carboxylic acids is 2. The summed E-state index contributed by atoms with van der Waals surface area (Å²) in [6.45, 7) is 0. The average molecular weight is 303 g/mol. The van der Waals surface area contributed by atoms with Crippen molar-refractivity contribution in [3.63, 3.8) is 0 Å². The molecular weight excluding hydrogens is 296 g/mol. The topological polar surface area (TPSA) is 50.3 Å². The summed E-state index contributed by atoms with van der Waals surface area (Å²) in [6.07, 6.45) is 1.55. The van der Waals surface area contributed by atoms with Crippen molar-refractivity contribution in [1.29, 1.82) is 0 Å². The second-order valence-electron chi connectivity index (χ2n) is 3.82. The Kier molecular flexibility index (Phi) is 2.48. The van der Waals surface area contributed by atoms with Gasteiger partial charge in [-0.2, -0.15) is 0 Å². The Morgan fingerprint density at radius 1 is 1.00 bits per heavy atom. The van der Waals surface area contributed by atoms with Crippen LogP contribution >= 0.6 is 15.9 Å². The minimum absolute atomic E-state index is 0.332. The van der Waals surface area contributed by atoms with Crippen LogP contribution in [0.1, 0.15) is 20.7 Å². The van der Waals surface area contributed by atoms with Crippen molar-refractivity contribution in [3.05, 3.63) is 58.2 Å². The first-order chi connectivity index (χ1) is 8.68. The number of amides is 2. The predicted molar refractivity (Wildman–Crippen MR) is 69.5 cm³/mol. The average Bonchev–Trinajstić information content (AvgIpc) is 2.63. The molecule has 3 rings (SSSR count). The highest BCUT2D eigenvalue weighted by Crippen LogP contribution is 2.28. The van der Waals surface area contributed by atoms with Gasteiger partial charge in [-0.15, -0.1) is 0 Å². The van der Waals surface area contributed by atoms with Crippen molar-refractivity contribution < 1.29 is 9.59 Å². The lowest BCUT2D eigenvalue weighted by Crippen LogP contribution is -2.30. The van der Waals surface area contributed by atoms with E-state index in [2.05, 4.69) is 20.9 Å². The normalized spacial score (nSPS) is 13.9. The lowest BCUT2D eigenvalue weighted by atomic mass is 10.1. The third kappa shape index (κ3) is 1.55. The molecule has 0 radical (unpaired) electrons. The minimum atomic E-state index is -0.338. The zero-order valence-electron chi connectivity index (χ0n) is 9.13. The Balaban J connectivity index is 2.13. The van der Waals surface area contributed by atoms with E-state index in [1.807, 2.05) is 0 Å². The maximum atomic E-state index is 12.2. The number of fused-ring (bicyclic) bond motifs is 1. The van der Waals surface area contributed by atoms with Crippen LogP contribution in [-0.2, 0) is 0 Å². The molecule has 0 aliphatic carbocycles. The van der Waals surface area contributed by atoms with Crippen LogP contribution < -0.4 is 4.90 Å².